The molecule has 3 nitrogen and oxygen atoms in total. The van der Waals surface area contributed by atoms with Crippen molar-refractivity contribution in [1.29, 1.82) is 0 Å². The third kappa shape index (κ3) is 3.90. The molecule has 3 heteroatoms. The van der Waals surface area contributed by atoms with Gasteiger partial charge in [-0.1, -0.05) is 26.0 Å². The van der Waals surface area contributed by atoms with Gasteiger partial charge in [-0.3, -0.25) is 0 Å². The van der Waals surface area contributed by atoms with Crippen LogP contribution < -0.4 is 4.74 Å². The fourth-order valence-electron chi connectivity index (χ4n) is 1.15. The first kappa shape index (κ1) is 12.0. The predicted molar refractivity (Wildman–Crippen MR) is 58.8 cm³/mol. The van der Waals surface area contributed by atoms with Crippen LogP contribution in [0.5, 0.6) is 5.75 Å². The second-order valence-corrected chi connectivity index (χ2v) is 3.97. The fourth-order valence-corrected chi connectivity index (χ4v) is 1.15. The maximum atomic E-state index is 9.35. The smallest absolute Gasteiger partial charge is 0.119 e. The lowest BCUT2D eigenvalue weighted by Gasteiger charge is -2.10. The minimum absolute atomic E-state index is 0.258. The summed E-state index contributed by atoms with van der Waals surface area (Å²) in [5.41, 5.74) is 0.703. The summed E-state index contributed by atoms with van der Waals surface area (Å²) in [6.07, 6.45) is -0.802. The number of ether oxygens (including phenoxy) is 1. The van der Waals surface area contributed by atoms with Gasteiger partial charge in [-0.25, -0.2) is 0 Å². The molecule has 0 bridgehead atoms. The molecule has 0 amide bonds. The summed E-state index contributed by atoms with van der Waals surface area (Å²) in [6, 6.07) is 7.13. The van der Waals surface area contributed by atoms with Gasteiger partial charge in [0.1, 0.15) is 11.9 Å². The maximum absolute atomic E-state index is 9.35. The molecule has 0 saturated carbocycles. The van der Waals surface area contributed by atoms with Gasteiger partial charge >= 0.3 is 0 Å². The standard InChI is InChI=1S/C12H18O3/c1-9(2)8-15-11-5-3-10(4-6-11)12(14)7-13/h3-6,9,12-14H,7-8H2,1-2H3. The van der Waals surface area contributed by atoms with Crippen molar-refractivity contribution in [3.05, 3.63) is 29.8 Å². The number of aliphatic hydroxyl groups is 2. The molecule has 84 valence electrons. The van der Waals surface area contributed by atoms with E-state index in [1.807, 2.05) is 0 Å². The lowest BCUT2D eigenvalue weighted by atomic mass is 10.1. The second kappa shape index (κ2) is 5.73. The molecule has 0 aliphatic heterocycles. The number of rotatable bonds is 5. The number of aliphatic hydroxyl groups excluding tert-OH is 2. The van der Waals surface area contributed by atoms with Crippen molar-refractivity contribution in [3.8, 4) is 5.75 Å². The van der Waals surface area contributed by atoms with Gasteiger partial charge in [-0.2, -0.15) is 0 Å². The average Bonchev–Trinajstić information content (AvgIpc) is 2.26. The van der Waals surface area contributed by atoms with Crippen LogP contribution in [0.1, 0.15) is 25.5 Å². The van der Waals surface area contributed by atoms with Gasteiger partial charge in [-0.05, 0) is 23.6 Å². The van der Waals surface area contributed by atoms with E-state index in [4.69, 9.17) is 9.84 Å². The zero-order chi connectivity index (χ0) is 11.3. The molecule has 1 unspecified atom stereocenters. The Morgan fingerprint density at radius 3 is 2.27 bits per heavy atom. The van der Waals surface area contributed by atoms with Gasteiger partial charge in [0.2, 0.25) is 0 Å². The van der Waals surface area contributed by atoms with Gasteiger partial charge in [0.05, 0.1) is 13.2 Å². The Labute approximate surface area is 90.3 Å². The molecule has 0 fully saturated rings. The first-order valence-electron chi connectivity index (χ1n) is 5.15. The van der Waals surface area contributed by atoms with Crippen LogP contribution in [0.4, 0.5) is 0 Å². The van der Waals surface area contributed by atoms with Crippen LogP contribution in [0.2, 0.25) is 0 Å². The molecule has 1 aromatic carbocycles. The second-order valence-electron chi connectivity index (χ2n) is 3.97. The molecule has 1 aromatic rings. The highest BCUT2D eigenvalue weighted by Gasteiger charge is 2.05. The summed E-state index contributed by atoms with van der Waals surface area (Å²) >= 11 is 0. The number of benzene rings is 1. The number of hydrogen-bond acceptors (Lipinski definition) is 3. The van der Waals surface area contributed by atoms with E-state index < -0.39 is 6.10 Å². The van der Waals surface area contributed by atoms with Gasteiger partial charge < -0.3 is 14.9 Å². The Hall–Kier alpha value is -1.06. The summed E-state index contributed by atoms with van der Waals surface area (Å²) in [4.78, 5) is 0. The van der Waals surface area contributed by atoms with Crippen molar-refractivity contribution in [3.63, 3.8) is 0 Å². The Kier molecular flexibility index (Phi) is 4.59. The molecule has 0 saturated heterocycles. The van der Waals surface area contributed by atoms with E-state index in [0.29, 0.717) is 18.1 Å². The van der Waals surface area contributed by atoms with Gasteiger partial charge in [0.15, 0.2) is 0 Å². The summed E-state index contributed by atoms with van der Waals surface area (Å²) in [5.74, 6) is 1.28. The van der Waals surface area contributed by atoms with Gasteiger partial charge in [0, 0.05) is 0 Å². The van der Waals surface area contributed by atoms with E-state index in [1.54, 1.807) is 24.3 Å². The molecule has 0 aliphatic rings. The van der Waals surface area contributed by atoms with Crippen LogP contribution in [0.25, 0.3) is 0 Å². The maximum Gasteiger partial charge on any atom is 0.119 e. The van der Waals surface area contributed by atoms with Crippen LogP contribution >= 0.6 is 0 Å². The topological polar surface area (TPSA) is 49.7 Å². The van der Waals surface area contributed by atoms with Crippen LogP contribution in [-0.4, -0.2) is 23.4 Å². The van der Waals surface area contributed by atoms with Crippen LogP contribution in [0.3, 0.4) is 0 Å². The highest BCUT2D eigenvalue weighted by atomic mass is 16.5. The van der Waals surface area contributed by atoms with Crippen molar-refractivity contribution in [2.45, 2.75) is 20.0 Å². The molecule has 0 aliphatic carbocycles. The third-order valence-electron chi connectivity index (χ3n) is 2.02. The highest BCUT2D eigenvalue weighted by molar-refractivity contribution is 5.28. The fraction of sp³-hybridized carbons (Fsp3) is 0.500. The molecule has 0 aromatic heterocycles. The first-order valence-corrected chi connectivity index (χ1v) is 5.15. The van der Waals surface area contributed by atoms with E-state index in [2.05, 4.69) is 13.8 Å². The summed E-state index contributed by atoms with van der Waals surface area (Å²) in [5, 5.41) is 18.1. The number of hydrogen-bond donors (Lipinski definition) is 2. The van der Waals surface area contributed by atoms with Crippen LogP contribution in [0, 0.1) is 5.92 Å². The van der Waals surface area contributed by atoms with E-state index in [9.17, 15) is 5.11 Å². The highest BCUT2D eigenvalue weighted by Crippen LogP contribution is 2.17. The quantitative estimate of drug-likeness (QED) is 0.778. The normalized spacial score (nSPS) is 12.9. The van der Waals surface area contributed by atoms with Gasteiger partial charge in [-0.15, -0.1) is 0 Å². The van der Waals surface area contributed by atoms with E-state index in [-0.39, 0.29) is 6.61 Å². The Balaban J connectivity index is 2.56. The van der Waals surface area contributed by atoms with Crippen molar-refractivity contribution in [2.24, 2.45) is 5.92 Å². The monoisotopic (exact) mass is 210 g/mol. The molecule has 0 heterocycles. The zero-order valence-corrected chi connectivity index (χ0v) is 9.18. The minimum atomic E-state index is -0.802. The van der Waals surface area contributed by atoms with E-state index in [0.717, 1.165) is 5.75 Å². The summed E-state index contributed by atoms with van der Waals surface area (Å²) < 4.78 is 5.49. The first-order chi connectivity index (χ1) is 7.13. The molecule has 0 radical (unpaired) electrons. The lowest BCUT2D eigenvalue weighted by Crippen LogP contribution is -2.05. The Bertz CT molecular complexity index is 279. The minimum Gasteiger partial charge on any atom is -0.493 e. The summed E-state index contributed by atoms with van der Waals surface area (Å²) in [7, 11) is 0. The Morgan fingerprint density at radius 2 is 1.80 bits per heavy atom. The average molecular weight is 210 g/mol. The Morgan fingerprint density at radius 1 is 1.20 bits per heavy atom. The molecule has 0 spiro atoms. The molecular weight excluding hydrogens is 192 g/mol. The lowest BCUT2D eigenvalue weighted by molar-refractivity contribution is 0.0955. The van der Waals surface area contributed by atoms with Crippen molar-refractivity contribution in [2.75, 3.05) is 13.2 Å². The SMILES string of the molecule is CC(C)COc1ccc(C(O)CO)cc1. The van der Waals surface area contributed by atoms with Crippen LogP contribution in [-0.2, 0) is 0 Å². The largest absolute Gasteiger partial charge is 0.493 e. The predicted octanol–water partition coefficient (Wildman–Crippen LogP) is 1.75. The van der Waals surface area contributed by atoms with Crippen molar-refractivity contribution in [1.82, 2.24) is 0 Å². The van der Waals surface area contributed by atoms with Crippen LogP contribution in [0.15, 0.2) is 24.3 Å². The molecular formula is C12H18O3. The third-order valence-corrected chi connectivity index (χ3v) is 2.02. The molecule has 1 atom stereocenters. The molecule has 15 heavy (non-hydrogen) atoms. The zero-order valence-electron chi connectivity index (χ0n) is 9.18. The molecule has 2 N–H and O–H groups in total. The summed E-state index contributed by atoms with van der Waals surface area (Å²) in [6.45, 7) is 4.60. The van der Waals surface area contributed by atoms with Crippen molar-refractivity contribution < 1.29 is 14.9 Å². The van der Waals surface area contributed by atoms with E-state index >= 15 is 0 Å². The molecule has 1 rings (SSSR count). The van der Waals surface area contributed by atoms with E-state index in [1.165, 1.54) is 0 Å². The van der Waals surface area contributed by atoms with Gasteiger partial charge in [0.25, 0.3) is 0 Å². The van der Waals surface area contributed by atoms with Crippen molar-refractivity contribution >= 4 is 0 Å².